The van der Waals surface area contributed by atoms with Crippen molar-refractivity contribution in [1.29, 1.82) is 0 Å². The lowest BCUT2D eigenvalue weighted by molar-refractivity contribution is 0.153. The van der Waals surface area contributed by atoms with Crippen LogP contribution in [0.2, 0.25) is 0 Å². The lowest BCUT2D eigenvalue weighted by Gasteiger charge is -1.95. The van der Waals surface area contributed by atoms with E-state index in [1.165, 1.54) is 0 Å². The van der Waals surface area contributed by atoms with Crippen LogP contribution >= 0.6 is 0 Å². The van der Waals surface area contributed by atoms with Crippen LogP contribution in [-0.2, 0) is 0 Å². The van der Waals surface area contributed by atoms with Crippen LogP contribution in [0.15, 0.2) is 0 Å². The normalized spacial score (nSPS) is 49.3. The largest absolute Gasteiger partial charge is 0.390 e. The lowest BCUT2D eigenvalue weighted by Crippen LogP contribution is -2.11. The van der Waals surface area contributed by atoms with Crippen LogP contribution in [0.25, 0.3) is 0 Å². The van der Waals surface area contributed by atoms with Gasteiger partial charge in [-0.25, -0.2) is 0 Å². The average molecular weight is 101 g/mol. The molecule has 42 valence electrons. The topological polar surface area (TPSA) is 46.2 Å². The van der Waals surface area contributed by atoms with Crippen LogP contribution in [0.3, 0.4) is 0 Å². The maximum absolute atomic E-state index is 9.01. The van der Waals surface area contributed by atoms with Crippen LogP contribution < -0.4 is 5.73 Å². The van der Waals surface area contributed by atoms with E-state index in [-0.39, 0.29) is 0 Å². The highest BCUT2D eigenvalue weighted by molar-refractivity contribution is 4.99. The number of hydrogen-bond donors (Lipinski definition) is 2. The molecule has 1 fully saturated rings. The molecule has 0 heterocycles. The fourth-order valence-electron chi connectivity index (χ4n) is 0.777. The summed E-state index contributed by atoms with van der Waals surface area (Å²) in [4.78, 5) is 0. The number of nitrogens with two attached hydrogens (primary N) is 1. The standard InChI is InChI=1S/C5H11NO/c1-5(7)2-4(5)3-6/h4,7H,2-3,6H2,1H3. The maximum Gasteiger partial charge on any atom is 0.0665 e. The van der Waals surface area contributed by atoms with E-state index in [1.807, 2.05) is 6.92 Å². The number of aliphatic hydroxyl groups is 1. The molecule has 0 spiro atoms. The molecule has 0 aromatic heterocycles. The molecule has 0 aromatic carbocycles. The van der Waals surface area contributed by atoms with Crippen LogP contribution in [0, 0.1) is 5.92 Å². The molecule has 1 saturated carbocycles. The molecule has 7 heavy (non-hydrogen) atoms. The van der Waals surface area contributed by atoms with E-state index < -0.39 is 5.60 Å². The molecule has 0 amide bonds. The van der Waals surface area contributed by atoms with Crippen molar-refractivity contribution < 1.29 is 5.11 Å². The minimum atomic E-state index is -0.408. The van der Waals surface area contributed by atoms with E-state index in [4.69, 9.17) is 10.8 Å². The zero-order valence-electron chi connectivity index (χ0n) is 4.52. The van der Waals surface area contributed by atoms with Crippen molar-refractivity contribution >= 4 is 0 Å². The highest BCUT2D eigenvalue weighted by Crippen LogP contribution is 2.41. The Labute approximate surface area is 43.3 Å². The molecule has 0 saturated heterocycles. The number of rotatable bonds is 1. The zero-order valence-corrected chi connectivity index (χ0v) is 4.52. The summed E-state index contributed by atoms with van der Waals surface area (Å²) in [5.41, 5.74) is 4.84. The minimum absolute atomic E-state index is 0.382. The monoisotopic (exact) mass is 101 g/mol. The Kier molecular flexibility index (Phi) is 0.869. The molecule has 2 heteroatoms. The molecule has 0 aromatic rings. The fraction of sp³-hybridized carbons (Fsp3) is 1.00. The third-order valence-corrected chi connectivity index (χ3v) is 1.66. The average Bonchev–Trinajstić information content (AvgIpc) is 2.13. The van der Waals surface area contributed by atoms with Gasteiger partial charge in [0.2, 0.25) is 0 Å². The van der Waals surface area contributed by atoms with Gasteiger partial charge in [0.1, 0.15) is 0 Å². The van der Waals surface area contributed by atoms with Crippen molar-refractivity contribution in [2.75, 3.05) is 6.54 Å². The Balaban J connectivity index is 2.30. The first kappa shape index (κ1) is 5.06. The van der Waals surface area contributed by atoms with Crippen molar-refractivity contribution in [3.8, 4) is 0 Å². The van der Waals surface area contributed by atoms with Crippen molar-refractivity contribution in [3.63, 3.8) is 0 Å². The molecule has 2 nitrogen and oxygen atoms in total. The third kappa shape index (κ3) is 0.763. The molecular formula is C5H11NO. The maximum atomic E-state index is 9.01. The van der Waals surface area contributed by atoms with Crippen molar-refractivity contribution in [2.45, 2.75) is 18.9 Å². The summed E-state index contributed by atoms with van der Waals surface area (Å²) in [5.74, 6) is 0.382. The van der Waals surface area contributed by atoms with E-state index in [0.29, 0.717) is 12.5 Å². The summed E-state index contributed by atoms with van der Waals surface area (Å²) in [6.07, 6.45) is 0.892. The molecule has 1 aliphatic carbocycles. The quantitative estimate of drug-likeness (QED) is 0.477. The highest BCUT2D eigenvalue weighted by atomic mass is 16.3. The summed E-state index contributed by atoms with van der Waals surface area (Å²) in [6.45, 7) is 2.46. The summed E-state index contributed by atoms with van der Waals surface area (Å²) in [6, 6.07) is 0. The van der Waals surface area contributed by atoms with Crippen LogP contribution in [0.5, 0.6) is 0 Å². The molecule has 0 radical (unpaired) electrons. The lowest BCUT2D eigenvalue weighted by atomic mass is 10.3. The van der Waals surface area contributed by atoms with E-state index in [1.54, 1.807) is 0 Å². The zero-order chi connectivity index (χ0) is 5.49. The Morgan fingerprint density at radius 2 is 2.43 bits per heavy atom. The van der Waals surface area contributed by atoms with Crippen LogP contribution in [0.1, 0.15) is 13.3 Å². The van der Waals surface area contributed by atoms with Crippen molar-refractivity contribution in [1.82, 2.24) is 0 Å². The number of hydrogen-bond acceptors (Lipinski definition) is 2. The first-order chi connectivity index (χ1) is 3.17. The van der Waals surface area contributed by atoms with Gasteiger partial charge in [-0.05, 0) is 19.9 Å². The fourth-order valence-corrected chi connectivity index (χ4v) is 0.777. The first-order valence-corrected chi connectivity index (χ1v) is 2.59. The van der Waals surface area contributed by atoms with Crippen LogP contribution in [-0.4, -0.2) is 17.3 Å². The van der Waals surface area contributed by atoms with E-state index in [2.05, 4.69) is 0 Å². The van der Waals surface area contributed by atoms with Gasteiger partial charge in [-0.1, -0.05) is 0 Å². The van der Waals surface area contributed by atoms with E-state index in [9.17, 15) is 0 Å². The summed E-state index contributed by atoms with van der Waals surface area (Å²) in [7, 11) is 0. The minimum Gasteiger partial charge on any atom is -0.390 e. The summed E-state index contributed by atoms with van der Waals surface area (Å²) >= 11 is 0. The Morgan fingerprint density at radius 3 is 2.43 bits per heavy atom. The molecule has 2 unspecified atom stereocenters. The second kappa shape index (κ2) is 1.20. The summed E-state index contributed by atoms with van der Waals surface area (Å²) in [5, 5.41) is 9.01. The third-order valence-electron chi connectivity index (χ3n) is 1.66. The van der Waals surface area contributed by atoms with Crippen LogP contribution in [0.4, 0.5) is 0 Å². The first-order valence-electron chi connectivity index (χ1n) is 2.59. The summed E-state index contributed by atoms with van der Waals surface area (Å²) < 4.78 is 0. The van der Waals surface area contributed by atoms with Gasteiger partial charge >= 0.3 is 0 Å². The Bertz CT molecular complexity index is 80.1. The van der Waals surface area contributed by atoms with Gasteiger partial charge < -0.3 is 10.8 Å². The molecule has 1 aliphatic rings. The van der Waals surface area contributed by atoms with Gasteiger partial charge in [-0.3, -0.25) is 0 Å². The molecular weight excluding hydrogens is 90.1 g/mol. The molecule has 3 N–H and O–H groups in total. The molecule has 0 bridgehead atoms. The molecule has 1 rings (SSSR count). The molecule has 2 atom stereocenters. The highest BCUT2D eigenvalue weighted by Gasteiger charge is 2.47. The van der Waals surface area contributed by atoms with E-state index in [0.717, 1.165) is 6.42 Å². The predicted octanol–water partition coefficient (Wildman–Crippen LogP) is -0.284. The SMILES string of the molecule is CC1(O)CC1CN. The van der Waals surface area contributed by atoms with Gasteiger partial charge in [-0.15, -0.1) is 0 Å². The van der Waals surface area contributed by atoms with Gasteiger partial charge in [0, 0.05) is 5.92 Å². The molecule has 0 aliphatic heterocycles. The second-order valence-electron chi connectivity index (χ2n) is 2.49. The second-order valence-corrected chi connectivity index (χ2v) is 2.49. The van der Waals surface area contributed by atoms with Crippen molar-refractivity contribution in [2.24, 2.45) is 11.7 Å². The van der Waals surface area contributed by atoms with E-state index >= 15 is 0 Å². The van der Waals surface area contributed by atoms with Gasteiger partial charge in [0.05, 0.1) is 5.60 Å². The van der Waals surface area contributed by atoms with Crippen molar-refractivity contribution in [3.05, 3.63) is 0 Å². The Hall–Kier alpha value is -0.0800. The smallest absolute Gasteiger partial charge is 0.0665 e. The Morgan fingerprint density at radius 1 is 2.00 bits per heavy atom. The van der Waals surface area contributed by atoms with Gasteiger partial charge in [-0.2, -0.15) is 0 Å². The van der Waals surface area contributed by atoms with Gasteiger partial charge in [0.25, 0.3) is 0 Å². The predicted molar refractivity (Wildman–Crippen MR) is 27.8 cm³/mol. The van der Waals surface area contributed by atoms with Gasteiger partial charge in [0.15, 0.2) is 0 Å².